The lowest BCUT2D eigenvalue weighted by atomic mass is 9.81. The molecule has 9 nitrogen and oxygen atoms in total. The Morgan fingerprint density at radius 1 is 1.12 bits per heavy atom. The van der Waals surface area contributed by atoms with E-state index < -0.39 is 11.7 Å². The van der Waals surface area contributed by atoms with Crippen molar-refractivity contribution in [3.63, 3.8) is 0 Å². The summed E-state index contributed by atoms with van der Waals surface area (Å²) in [6.45, 7) is 8.70. The van der Waals surface area contributed by atoms with Crippen molar-refractivity contribution in [2.75, 3.05) is 40.0 Å². The molecular formula is C33H53N3O6. The van der Waals surface area contributed by atoms with Gasteiger partial charge in [0.05, 0.1) is 16.7 Å². The second-order valence-electron chi connectivity index (χ2n) is 13.0. The number of benzene rings is 1. The van der Waals surface area contributed by atoms with Crippen LogP contribution in [0.2, 0.25) is 0 Å². The third kappa shape index (κ3) is 12.3. The smallest absolute Gasteiger partial charge is 0.407 e. The van der Waals surface area contributed by atoms with Crippen LogP contribution in [0.1, 0.15) is 96.6 Å². The predicted molar refractivity (Wildman–Crippen MR) is 165 cm³/mol. The SMILES string of the molecule is COCCCOC(c1ccccc1)C1CCCN(/C(=C/[N+](=O)[O-])C[C@H](CNC(=O)OC(C)(C)C)CC2CCCCC2)C1. The molecule has 1 aliphatic carbocycles. The molecule has 2 aliphatic rings. The van der Waals surface area contributed by atoms with E-state index in [2.05, 4.69) is 22.3 Å². The summed E-state index contributed by atoms with van der Waals surface area (Å²) in [5.74, 6) is 0.871. The Labute approximate surface area is 252 Å². The van der Waals surface area contributed by atoms with Crippen molar-refractivity contribution in [1.29, 1.82) is 0 Å². The van der Waals surface area contributed by atoms with Gasteiger partial charge in [-0.05, 0) is 70.3 Å². The maximum atomic E-state index is 12.5. The standard InChI is InChI=1S/C33H53N3O6/c1-33(2,3)42-32(37)34-23-27(21-26-13-7-5-8-14-26)22-30(25-36(38)39)35-18-11-17-29(24-35)31(41-20-12-19-40-4)28-15-9-6-10-16-28/h6,9-10,15-16,25-27,29,31H,5,7-8,11-14,17-24H2,1-4H3,(H,34,37)/b30-25+/t27-,29?,31?/m1/s1. The number of carbonyl (C=O) groups is 1. The number of allylic oxidation sites excluding steroid dienone is 1. The van der Waals surface area contributed by atoms with Gasteiger partial charge in [0.15, 0.2) is 0 Å². The normalized spacial score (nSPS) is 20.1. The van der Waals surface area contributed by atoms with Crippen LogP contribution in [0.25, 0.3) is 0 Å². The zero-order valence-corrected chi connectivity index (χ0v) is 26.2. The summed E-state index contributed by atoms with van der Waals surface area (Å²) in [6.07, 6.45) is 11.0. The molecule has 3 atom stereocenters. The molecule has 9 heteroatoms. The number of likely N-dealkylation sites (tertiary alicyclic amines) is 1. The summed E-state index contributed by atoms with van der Waals surface area (Å²) >= 11 is 0. The molecule has 0 radical (unpaired) electrons. The first-order chi connectivity index (χ1) is 20.1. The van der Waals surface area contributed by atoms with Crippen molar-refractivity contribution >= 4 is 6.09 Å². The van der Waals surface area contributed by atoms with Crippen LogP contribution in [-0.2, 0) is 14.2 Å². The van der Waals surface area contributed by atoms with Gasteiger partial charge in [-0.3, -0.25) is 10.1 Å². The minimum absolute atomic E-state index is 0.0856. The first kappa shape index (κ1) is 33.8. The number of ether oxygens (including phenoxy) is 3. The van der Waals surface area contributed by atoms with Gasteiger partial charge >= 0.3 is 6.09 Å². The molecule has 2 unspecified atom stereocenters. The van der Waals surface area contributed by atoms with E-state index >= 15 is 0 Å². The third-order valence-electron chi connectivity index (χ3n) is 8.29. The number of nitrogens with one attached hydrogen (secondary N) is 1. The molecule has 0 aromatic heterocycles. The quantitative estimate of drug-likeness (QED) is 0.132. The van der Waals surface area contributed by atoms with Gasteiger partial charge in [0.2, 0.25) is 0 Å². The van der Waals surface area contributed by atoms with E-state index in [0.29, 0.717) is 38.6 Å². The zero-order valence-electron chi connectivity index (χ0n) is 26.2. The molecule has 0 spiro atoms. The lowest BCUT2D eigenvalue weighted by Crippen LogP contribution is -2.40. The topological polar surface area (TPSA) is 103 Å². The lowest BCUT2D eigenvalue weighted by Gasteiger charge is -2.39. The molecule has 0 bridgehead atoms. The van der Waals surface area contributed by atoms with Gasteiger partial charge in [-0.2, -0.15) is 0 Å². The van der Waals surface area contributed by atoms with Gasteiger partial charge in [0, 0.05) is 45.9 Å². The molecule has 1 aliphatic heterocycles. The van der Waals surface area contributed by atoms with Gasteiger partial charge < -0.3 is 24.4 Å². The van der Waals surface area contributed by atoms with Gasteiger partial charge in [0.25, 0.3) is 6.20 Å². The number of carbonyl (C=O) groups excluding carboxylic acids is 1. The monoisotopic (exact) mass is 587 g/mol. The number of piperidine rings is 1. The van der Waals surface area contributed by atoms with Crippen molar-refractivity contribution in [1.82, 2.24) is 10.2 Å². The fourth-order valence-corrected chi connectivity index (χ4v) is 6.43. The average molecular weight is 588 g/mol. The third-order valence-corrected chi connectivity index (χ3v) is 8.29. The molecule has 1 aromatic carbocycles. The van der Waals surface area contributed by atoms with Crippen molar-refractivity contribution in [2.24, 2.45) is 17.8 Å². The summed E-state index contributed by atoms with van der Waals surface area (Å²) in [4.78, 5) is 26.3. The molecule has 1 amide bonds. The Morgan fingerprint density at radius 2 is 1.86 bits per heavy atom. The molecule has 42 heavy (non-hydrogen) atoms. The first-order valence-corrected chi connectivity index (χ1v) is 15.9. The molecular weight excluding hydrogens is 534 g/mol. The van der Waals surface area contributed by atoms with Crippen LogP contribution >= 0.6 is 0 Å². The number of rotatable bonds is 15. The fraction of sp³-hybridized carbons (Fsp3) is 0.727. The Bertz CT molecular complexity index is 974. The highest BCUT2D eigenvalue weighted by molar-refractivity contribution is 5.67. The number of amides is 1. The maximum Gasteiger partial charge on any atom is 0.407 e. The van der Waals surface area contributed by atoms with E-state index in [-0.39, 0.29) is 22.9 Å². The largest absolute Gasteiger partial charge is 0.444 e. The van der Waals surface area contributed by atoms with Gasteiger partial charge in [0.1, 0.15) is 5.60 Å². The summed E-state index contributed by atoms with van der Waals surface area (Å²) in [5, 5.41) is 14.8. The number of hydrogen-bond donors (Lipinski definition) is 1. The van der Waals surface area contributed by atoms with Crippen molar-refractivity contribution in [2.45, 2.75) is 96.7 Å². The van der Waals surface area contributed by atoms with Crippen LogP contribution in [0.4, 0.5) is 4.79 Å². The molecule has 1 saturated heterocycles. The maximum absolute atomic E-state index is 12.5. The number of hydrogen-bond acceptors (Lipinski definition) is 7. The van der Waals surface area contributed by atoms with Crippen molar-refractivity contribution < 1.29 is 23.9 Å². The highest BCUT2D eigenvalue weighted by Crippen LogP contribution is 2.36. The van der Waals surface area contributed by atoms with Crippen LogP contribution < -0.4 is 5.32 Å². The number of nitrogens with zero attached hydrogens (tertiary/aromatic N) is 2. The molecule has 1 heterocycles. The van der Waals surface area contributed by atoms with E-state index in [1.807, 2.05) is 39.0 Å². The first-order valence-electron chi connectivity index (χ1n) is 15.9. The lowest BCUT2D eigenvalue weighted by molar-refractivity contribution is -0.404. The van der Waals surface area contributed by atoms with E-state index in [0.717, 1.165) is 43.5 Å². The van der Waals surface area contributed by atoms with Gasteiger partial charge in [-0.25, -0.2) is 4.79 Å². The molecule has 2 fully saturated rings. The number of nitro groups is 1. The summed E-state index contributed by atoms with van der Waals surface area (Å²) in [5.41, 5.74) is 1.30. The number of alkyl carbamates (subject to hydrolysis) is 1. The highest BCUT2D eigenvalue weighted by atomic mass is 16.6. The molecule has 1 aromatic rings. The summed E-state index contributed by atoms with van der Waals surface area (Å²) in [6, 6.07) is 10.3. The van der Waals surface area contributed by atoms with Crippen LogP contribution in [0.3, 0.4) is 0 Å². The van der Waals surface area contributed by atoms with Crippen LogP contribution in [0.15, 0.2) is 42.2 Å². The van der Waals surface area contributed by atoms with Crippen LogP contribution in [0, 0.1) is 27.9 Å². The van der Waals surface area contributed by atoms with E-state index in [4.69, 9.17) is 14.2 Å². The Kier molecular flexibility index (Phi) is 14.1. The second-order valence-corrected chi connectivity index (χ2v) is 13.0. The Balaban J connectivity index is 1.76. The van der Waals surface area contributed by atoms with E-state index in [9.17, 15) is 14.9 Å². The van der Waals surface area contributed by atoms with Crippen LogP contribution in [0.5, 0.6) is 0 Å². The van der Waals surface area contributed by atoms with Gasteiger partial charge in [-0.1, -0.05) is 62.4 Å². The average Bonchev–Trinajstić information content (AvgIpc) is 2.95. The fourth-order valence-electron chi connectivity index (χ4n) is 6.43. The van der Waals surface area contributed by atoms with Gasteiger partial charge in [-0.15, -0.1) is 0 Å². The number of methoxy groups -OCH3 is 1. The highest BCUT2D eigenvalue weighted by Gasteiger charge is 2.32. The molecule has 1 N–H and O–H groups in total. The van der Waals surface area contributed by atoms with Crippen molar-refractivity contribution in [3.8, 4) is 0 Å². The van der Waals surface area contributed by atoms with Crippen LogP contribution in [-0.4, -0.2) is 61.5 Å². The minimum Gasteiger partial charge on any atom is -0.444 e. The predicted octanol–water partition coefficient (Wildman–Crippen LogP) is 7.11. The van der Waals surface area contributed by atoms with E-state index in [1.165, 1.54) is 38.3 Å². The summed E-state index contributed by atoms with van der Waals surface area (Å²) in [7, 11) is 1.70. The van der Waals surface area contributed by atoms with E-state index in [1.54, 1.807) is 7.11 Å². The molecule has 3 rings (SSSR count). The molecule has 236 valence electrons. The van der Waals surface area contributed by atoms with Crippen molar-refractivity contribution in [3.05, 3.63) is 57.9 Å². The minimum atomic E-state index is -0.580. The Morgan fingerprint density at radius 3 is 2.52 bits per heavy atom. The summed E-state index contributed by atoms with van der Waals surface area (Å²) < 4.78 is 17.1. The second kappa shape index (κ2) is 17.5. The molecule has 1 saturated carbocycles. The Hall–Kier alpha value is -2.65. The zero-order chi connectivity index (χ0) is 30.4.